The number of hydrogen-bond donors (Lipinski definition) is 2. The molecule has 1 fully saturated rings. The van der Waals surface area contributed by atoms with Gasteiger partial charge in [0.25, 0.3) is 5.91 Å². The largest absolute Gasteiger partial charge is 0.497 e. The van der Waals surface area contributed by atoms with Crippen LogP contribution < -0.4 is 15.4 Å². The van der Waals surface area contributed by atoms with Gasteiger partial charge in [0.05, 0.1) is 19.2 Å². The maximum absolute atomic E-state index is 13.7. The average Bonchev–Trinajstić information content (AvgIpc) is 2.74. The Morgan fingerprint density at radius 3 is 2.62 bits per heavy atom. The van der Waals surface area contributed by atoms with Crippen molar-refractivity contribution >= 4 is 11.8 Å². The molecule has 0 spiro atoms. The molecule has 0 bridgehead atoms. The molecule has 1 heterocycles. The van der Waals surface area contributed by atoms with Crippen molar-refractivity contribution in [2.24, 2.45) is 0 Å². The summed E-state index contributed by atoms with van der Waals surface area (Å²) in [4.78, 5) is 26.5. The number of nitrogens with zero attached hydrogens (tertiary/aromatic N) is 1. The molecule has 29 heavy (non-hydrogen) atoms. The summed E-state index contributed by atoms with van der Waals surface area (Å²) < 4.78 is 18.9. The Kier molecular flexibility index (Phi) is 7.19. The topological polar surface area (TPSA) is 70.7 Å². The van der Waals surface area contributed by atoms with Crippen LogP contribution in [0.2, 0.25) is 0 Å². The summed E-state index contributed by atoms with van der Waals surface area (Å²) in [6.45, 7) is 2.17. The molecule has 6 nitrogen and oxygen atoms in total. The van der Waals surface area contributed by atoms with Crippen LogP contribution in [-0.4, -0.2) is 49.5 Å². The van der Waals surface area contributed by atoms with E-state index in [-0.39, 0.29) is 17.5 Å². The van der Waals surface area contributed by atoms with Crippen molar-refractivity contribution in [3.05, 3.63) is 65.5 Å². The maximum atomic E-state index is 13.7. The molecule has 1 saturated heterocycles. The quantitative estimate of drug-likeness (QED) is 0.750. The highest BCUT2D eigenvalue weighted by atomic mass is 19.1. The molecule has 0 radical (unpaired) electrons. The molecule has 7 heteroatoms. The second kappa shape index (κ2) is 10.0. The van der Waals surface area contributed by atoms with Crippen LogP contribution in [0.1, 0.15) is 28.8 Å². The molecule has 2 aromatic carbocycles. The average molecular weight is 399 g/mol. The smallest absolute Gasteiger partial charge is 0.254 e. The van der Waals surface area contributed by atoms with Crippen LogP contribution >= 0.6 is 0 Å². The van der Waals surface area contributed by atoms with Crippen molar-refractivity contribution in [1.82, 2.24) is 15.5 Å². The first-order chi connectivity index (χ1) is 14.0. The number of carbonyl (C=O) groups excluding carboxylic acids is 2. The molecule has 2 N–H and O–H groups in total. The lowest BCUT2D eigenvalue weighted by Crippen LogP contribution is -2.47. The third kappa shape index (κ3) is 6.02. The minimum absolute atomic E-state index is 0.0156. The first-order valence-corrected chi connectivity index (χ1v) is 9.72. The predicted octanol–water partition coefficient (Wildman–Crippen LogP) is 2.34. The summed E-state index contributed by atoms with van der Waals surface area (Å²) in [6, 6.07) is 13.5. The Balaban J connectivity index is 1.39. The van der Waals surface area contributed by atoms with Crippen LogP contribution in [0.15, 0.2) is 48.5 Å². The number of carbonyl (C=O) groups is 2. The molecule has 1 aliphatic rings. The van der Waals surface area contributed by atoms with E-state index in [0.29, 0.717) is 26.2 Å². The van der Waals surface area contributed by atoms with E-state index in [1.165, 1.54) is 12.1 Å². The fourth-order valence-electron chi connectivity index (χ4n) is 3.39. The number of methoxy groups -OCH3 is 1. The highest BCUT2D eigenvalue weighted by Crippen LogP contribution is 2.14. The van der Waals surface area contributed by atoms with Gasteiger partial charge in [0.15, 0.2) is 0 Å². The van der Waals surface area contributed by atoms with Crippen LogP contribution in [0.5, 0.6) is 5.75 Å². The first-order valence-electron chi connectivity index (χ1n) is 9.72. The zero-order valence-electron chi connectivity index (χ0n) is 16.5. The Hall–Kier alpha value is -2.93. The fraction of sp³-hybridized carbons (Fsp3) is 0.364. The lowest BCUT2D eigenvalue weighted by molar-refractivity contribution is -0.122. The molecule has 0 atom stereocenters. The Labute approximate surface area is 170 Å². The van der Waals surface area contributed by atoms with Gasteiger partial charge in [-0.25, -0.2) is 4.39 Å². The zero-order chi connectivity index (χ0) is 20.6. The number of amides is 2. The number of benzene rings is 2. The number of nitrogens with one attached hydrogen (secondary N) is 2. The van der Waals surface area contributed by atoms with E-state index in [2.05, 4.69) is 15.5 Å². The molecule has 1 aliphatic heterocycles. The molecule has 154 valence electrons. The second-order valence-electron chi connectivity index (χ2n) is 7.13. The molecule has 0 aromatic heterocycles. The molecule has 0 saturated carbocycles. The summed E-state index contributed by atoms with van der Waals surface area (Å²) in [6.07, 6.45) is 1.45. The van der Waals surface area contributed by atoms with E-state index >= 15 is 0 Å². The molecular weight excluding hydrogens is 373 g/mol. The lowest BCUT2D eigenvalue weighted by atomic mass is 10.0. The third-order valence-electron chi connectivity index (χ3n) is 5.03. The van der Waals surface area contributed by atoms with Gasteiger partial charge in [-0.1, -0.05) is 24.3 Å². The van der Waals surface area contributed by atoms with E-state index < -0.39 is 11.7 Å². The fourth-order valence-corrected chi connectivity index (χ4v) is 3.39. The monoisotopic (exact) mass is 399 g/mol. The van der Waals surface area contributed by atoms with Crippen molar-refractivity contribution in [2.75, 3.05) is 26.7 Å². The van der Waals surface area contributed by atoms with Crippen molar-refractivity contribution in [3.63, 3.8) is 0 Å². The second-order valence-corrected chi connectivity index (χ2v) is 7.13. The third-order valence-corrected chi connectivity index (χ3v) is 5.03. The molecular formula is C22H26FN3O3. The summed E-state index contributed by atoms with van der Waals surface area (Å²) in [5.74, 6) is -0.189. The Bertz CT molecular complexity index is 851. The minimum Gasteiger partial charge on any atom is -0.497 e. The van der Waals surface area contributed by atoms with Crippen molar-refractivity contribution in [2.45, 2.75) is 25.4 Å². The normalized spacial score (nSPS) is 15.0. The van der Waals surface area contributed by atoms with Gasteiger partial charge < -0.3 is 15.4 Å². The van der Waals surface area contributed by atoms with Gasteiger partial charge in [0, 0.05) is 25.7 Å². The molecule has 0 unspecified atom stereocenters. The number of ether oxygens (including phenoxy) is 1. The molecule has 2 aromatic rings. The number of piperidine rings is 1. The van der Waals surface area contributed by atoms with Crippen LogP contribution in [-0.2, 0) is 11.3 Å². The summed E-state index contributed by atoms with van der Waals surface area (Å²) >= 11 is 0. The maximum Gasteiger partial charge on any atom is 0.254 e. The highest BCUT2D eigenvalue weighted by molar-refractivity contribution is 5.94. The molecule has 2 amide bonds. The number of hydrogen-bond acceptors (Lipinski definition) is 4. The van der Waals surface area contributed by atoms with Gasteiger partial charge in [0.1, 0.15) is 11.6 Å². The summed E-state index contributed by atoms with van der Waals surface area (Å²) in [5.41, 5.74) is 1.04. The SMILES string of the molecule is COc1cccc(CNC(=O)CN2CCC(NC(=O)c3ccccc3F)CC2)c1. The summed E-state index contributed by atoms with van der Waals surface area (Å²) in [5, 5.41) is 5.81. The van der Waals surface area contributed by atoms with Crippen LogP contribution in [0, 0.1) is 5.82 Å². The van der Waals surface area contributed by atoms with Gasteiger partial charge in [-0.15, -0.1) is 0 Å². The van der Waals surface area contributed by atoms with E-state index in [4.69, 9.17) is 4.74 Å². The van der Waals surface area contributed by atoms with Crippen LogP contribution in [0.4, 0.5) is 4.39 Å². The first kappa shape index (κ1) is 20.8. The van der Waals surface area contributed by atoms with E-state index in [0.717, 1.165) is 24.2 Å². The Morgan fingerprint density at radius 1 is 1.14 bits per heavy atom. The van der Waals surface area contributed by atoms with Gasteiger partial charge >= 0.3 is 0 Å². The van der Waals surface area contributed by atoms with Gasteiger partial charge in [0.2, 0.25) is 5.91 Å². The van der Waals surface area contributed by atoms with Crippen LogP contribution in [0.25, 0.3) is 0 Å². The van der Waals surface area contributed by atoms with E-state index in [9.17, 15) is 14.0 Å². The van der Waals surface area contributed by atoms with Crippen LogP contribution in [0.3, 0.4) is 0 Å². The van der Waals surface area contributed by atoms with Crippen molar-refractivity contribution in [3.8, 4) is 5.75 Å². The zero-order valence-corrected chi connectivity index (χ0v) is 16.5. The highest BCUT2D eigenvalue weighted by Gasteiger charge is 2.23. The van der Waals surface area contributed by atoms with Gasteiger partial charge in [-0.3, -0.25) is 14.5 Å². The van der Waals surface area contributed by atoms with E-state index in [1.807, 2.05) is 24.3 Å². The molecule has 3 rings (SSSR count). The number of halogens is 1. The van der Waals surface area contributed by atoms with Crippen molar-refractivity contribution < 1.29 is 18.7 Å². The molecule has 0 aliphatic carbocycles. The van der Waals surface area contributed by atoms with Gasteiger partial charge in [-0.05, 0) is 42.7 Å². The standard InChI is InChI=1S/C22H26FN3O3/c1-29-18-6-4-5-16(13-18)14-24-21(27)15-26-11-9-17(10-12-26)25-22(28)19-7-2-3-8-20(19)23/h2-8,13,17H,9-12,14-15H2,1H3,(H,24,27)(H,25,28). The van der Waals surface area contributed by atoms with Gasteiger partial charge in [-0.2, -0.15) is 0 Å². The van der Waals surface area contributed by atoms with E-state index in [1.54, 1.807) is 19.2 Å². The minimum atomic E-state index is -0.518. The van der Waals surface area contributed by atoms with Crippen molar-refractivity contribution in [1.29, 1.82) is 0 Å². The number of likely N-dealkylation sites (tertiary alicyclic amines) is 1. The number of rotatable bonds is 7. The lowest BCUT2D eigenvalue weighted by Gasteiger charge is -2.31. The Morgan fingerprint density at radius 2 is 1.90 bits per heavy atom. The summed E-state index contributed by atoms with van der Waals surface area (Å²) in [7, 11) is 1.61. The predicted molar refractivity (Wildman–Crippen MR) is 108 cm³/mol.